The van der Waals surface area contributed by atoms with Crippen molar-refractivity contribution in [2.75, 3.05) is 13.3 Å². The van der Waals surface area contributed by atoms with Crippen molar-refractivity contribution in [3.8, 4) is 11.8 Å². The zero-order valence-electron chi connectivity index (χ0n) is 11.6. The molecule has 0 saturated carbocycles. The summed E-state index contributed by atoms with van der Waals surface area (Å²) < 4.78 is 33.3. The molecule has 0 aliphatic carbocycles. The molecule has 3 nitrogen and oxygen atoms in total. The lowest BCUT2D eigenvalue weighted by Gasteiger charge is -2.23. The van der Waals surface area contributed by atoms with Crippen molar-refractivity contribution in [1.29, 1.82) is 0 Å². The number of hydrogen-bond donors (Lipinski definition) is 0. The van der Waals surface area contributed by atoms with Crippen molar-refractivity contribution in [3.63, 3.8) is 0 Å². The van der Waals surface area contributed by atoms with E-state index in [-0.39, 0.29) is 12.6 Å². The third-order valence-electron chi connectivity index (χ3n) is 3.54. The zero-order valence-corrected chi connectivity index (χ0v) is 11.6. The Kier molecular flexibility index (Phi) is 4.16. The Morgan fingerprint density at radius 1 is 1.38 bits per heavy atom. The normalized spacial score (nSPS) is 18.5. The van der Waals surface area contributed by atoms with Crippen molar-refractivity contribution < 1.29 is 13.5 Å². The van der Waals surface area contributed by atoms with Crippen LogP contribution < -0.4 is 0 Å². The molecule has 1 fully saturated rings. The van der Waals surface area contributed by atoms with E-state index in [0.717, 1.165) is 19.3 Å². The molecule has 3 rings (SSSR count). The summed E-state index contributed by atoms with van der Waals surface area (Å²) in [6.45, 7) is 0.209. The van der Waals surface area contributed by atoms with Gasteiger partial charge in [-0.15, -0.1) is 5.10 Å². The van der Waals surface area contributed by atoms with E-state index in [4.69, 9.17) is 4.74 Å². The Labute approximate surface area is 121 Å². The lowest BCUT2D eigenvalue weighted by atomic mass is 10.1. The highest BCUT2D eigenvalue weighted by Gasteiger charge is 2.21. The minimum absolute atomic E-state index is 0.190. The van der Waals surface area contributed by atoms with Gasteiger partial charge < -0.3 is 4.74 Å². The van der Waals surface area contributed by atoms with Gasteiger partial charge in [0.1, 0.15) is 6.67 Å². The van der Waals surface area contributed by atoms with Gasteiger partial charge in [-0.05, 0) is 37.5 Å². The Morgan fingerprint density at radius 2 is 2.29 bits per heavy atom. The summed E-state index contributed by atoms with van der Waals surface area (Å²) in [6, 6.07) is 5.25. The molecule has 2 aromatic rings. The topological polar surface area (TPSA) is 27.1 Å². The van der Waals surface area contributed by atoms with Gasteiger partial charge in [0.15, 0.2) is 6.23 Å². The molecule has 21 heavy (non-hydrogen) atoms. The maximum absolute atomic E-state index is 14.0. The number of aromatic nitrogens is 2. The van der Waals surface area contributed by atoms with E-state index >= 15 is 0 Å². The maximum atomic E-state index is 14.0. The minimum Gasteiger partial charge on any atom is -0.356 e. The monoisotopic (exact) mass is 290 g/mol. The zero-order chi connectivity index (χ0) is 14.7. The predicted molar refractivity (Wildman–Crippen MR) is 76.0 cm³/mol. The third-order valence-corrected chi connectivity index (χ3v) is 3.54. The lowest BCUT2D eigenvalue weighted by Crippen LogP contribution is -2.19. The fourth-order valence-electron chi connectivity index (χ4n) is 2.53. The Morgan fingerprint density at radius 3 is 3.05 bits per heavy atom. The number of rotatable bonds is 2. The summed E-state index contributed by atoms with van der Waals surface area (Å²) in [4.78, 5) is 0. The largest absolute Gasteiger partial charge is 0.356 e. The number of halogens is 2. The number of alkyl halides is 1. The van der Waals surface area contributed by atoms with Crippen LogP contribution in [-0.4, -0.2) is 23.1 Å². The van der Waals surface area contributed by atoms with Crippen LogP contribution in [0.1, 0.15) is 37.5 Å². The highest BCUT2D eigenvalue weighted by Crippen LogP contribution is 2.28. The van der Waals surface area contributed by atoms with E-state index in [9.17, 15) is 8.78 Å². The van der Waals surface area contributed by atoms with Gasteiger partial charge in [0.2, 0.25) is 5.95 Å². The number of ether oxygens (including phenoxy) is 1. The number of fused-ring (bicyclic) bond motifs is 1. The van der Waals surface area contributed by atoms with Gasteiger partial charge >= 0.3 is 0 Å². The van der Waals surface area contributed by atoms with E-state index in [1.54, 1.807) is 22.9 Å². The number of nitrogens with zero attached hydrogens (tertiary/aromatic N) is 2. The van der Waals surface area contributed by atoms with Crippen molar-refractivity contribution in [2.45, 2.75) is 31.9 Å². The molecule has 1 aliphatic rings. The highest BCUT2D eigenvalue weighted by molar-refractivity contribution is 5.81. The van der Waals surface area contributed by atoms with E-state index in [2.05, 4.69) is 16.9 Å². The predicted octanol–water partition coefficient (Wildman–Crippen LogP) is 3.59. The molecule has 5 heteroatoms. The Bertz CT molecular complexity index is 693. The molecule has 110 valence electrons. The smallest absolute Gasteiger partial charge is 0.240 e. The van der Waals surface area contributed by atoms with Gasteiger partial charge in [-0.25, -0.2) is 4.68 Å². The van der Waals surface area contributed by atoms with Crippen molar-refractivity contribution in [1.82, 2.24) is 9.78 Å². The summed E-state index contributed by atoms with van der Waals surface area (Å²) in [6.07, 6.45) is 2.92. The van der Waals surface area contributed by atoms with E-state index in [1.807, 2.05) is 0 Å². The molecular weight excluding hydrogens is 274 g/mol. The molecule has 0 amide bonds. The summed E-state index contributed by atoms with van der Waals surface area (Å²) >= 11 is 0. The van der Waals surface area contributed by atoms with Crippen LogP contribution >= 0.6 is 0 Å². The Hall–Kier alpha value is -1.93. The SMILES string of the molecule is FCCC#Cc1ccc2c(c1)c(F)nn2C1CCCCO1. The first-order valence-electron chi connectivity index (χ1n) is 7.14. The van der Waals surface area contributed by atoms with Crippen LogP contribution in [0, 0.1) is 17.8 Å². The second-order valence-electron chi connectivity index (χ2n) is 5.03. The molecule has 1 saturated heterocycles. The van der Waals surface area contributed by atoms with Gasteiger partial charge in [-0.2, -0.15) is 4.39 Å². The van der Waals surface area contributed by atoms with Gasteiger partial charge in [-0.1, -0.05) is 11.8 Å². The average Bonchev–Trinajstić information content (AvgIpc) is 2.85. The molecule has 1 atom stereocenters. The minimum atomic E-state index is -0.520. The molecule has 0 bridgehead atoms. The molecule has 0 N–H and O–H groups in total. The van der Waals surface area contributed by atoms with Crippen molar-refractivity contribution >= 4 is 10.9 Å². The summed E-state index contributed by atoms with van der Waals surface area (Å²) in [7, 11) is 0. The van der Waals surface area contributed by atoms with Crippen LogP contribution in [-0.2, 0) is 4.74 Å². The van der Waals surface area contributed by atoms with Crippen LogP contribution in [0.4, 0.5) is 8.78 Å². The average molecular weight is 290 g/mol. The first kappa shape index (κ1) is 14.0. The molecule has 1 aliphatic heterocycles. The molecule has 1 unspecified atom stereocenters. The van der Waals surface area contributed by atoms with E-state index in [1.165, 1.54) is 0 Å². The van der Waals surface area contributed by atoms with Crippen LogP contribution in [0.2, 0.25) is 0 Å². The quantitative estimate of drug-likeness (QED) is 0.790. The van der Waals surface area contributed by atoms with Crippen LogP contribution in [0.5, 0.6) is 0 Å². The van der Waals surface area contributed by atoms with Crippen LogP contribution in [0.25, 0.3) is 10.9 Å². The first-order valence-corrected chi connectivity index (χ1v) is 7.14. The summed E-state index contributed by atoms with van der Waals surface area (Å²) in [5, 5.41) is 4.39. The van der Waals surface area contributed by atoms with Crippen molar-refractivity contribution in [2.24, 2.45) is 0 Å². The van der Waals surface area contributed by atoms with Crippen LogP contribution in [0.15, 0.2) is 18.2 Å². The molecule has 1 aromatic heterocycles. The van der Waals surface area contributed by atoms with Crippen LogP contribution in [0.3, 0.4) is 0 Å². The fourth-order valence-corrected chi connectivity index (χ4v) is 2.53. The Balaban J connectivity index is 1.96. The van der Waals surface area contributed by atoms with Gasteiger partial charge in [-0.3, -0.25) is 4.39 Å². The van der Waals surface area contributed by atoms with Gasteiger partial charge in [0, 0.05) is 18.6 Å². The fraction of sp³-hybridized carbons (Fsp3) is 0.438. The molecular formula is C16H16F2N2O. The van der Waals surface area contributed by atoms with E-state index in [0.29, 0.717) is 23.1 Å². The number of hydrogen-bond acceptors (Lipinski definition) is 2. The standard InChI is InChI=1S/C16H16F2N2O/c17-9-3-1-5-12-7-8-14-13(11-12)16(18)19-20(14)15-6-2-4-10-21-15/h7-8,11,15H,2-4,6,9-10H2. The third kappa shape index (κ3) is 2.91. The summed E-state index contributed by atoms with van der Waals surface area (Å²) in [5.41, 5.74) is 1.37. The maximum Gasteiger partial charge on any atom is 0.240 e. The molecule has 0 radical (unpaired) electrons. The number of benzene rings is 1. The van der Waals surface area contributed by atoms with E-state index < -0.39 is 12.6 Å². The molecule has 2 heterocycles. The summed E-state index contributed by atoms with van der Waals surface area (Å²) in [5.74, 6) is 5.02. The van der Waals surface area contributed by atoms with Crippen molar-refractivity contribution in [3.05, 3.63) is 29.7 Å². The lowest BCUT2D eigenvalue weighted by molar-refractivity contribution is -0.0375. The van der Waals surface area contributed by atoms with Gasteiger partial charge in [0.25, 0.3) is 0 Å². The van der Waals surface area contributed by atoms with Gasteiger partial charge in [0.05, 0.1) is 10.9 Å². The second kappa shape index (κ2) is 6.23. The highest BCUT2D eigenvalue weighted by atomic mass is 19.1. The second-order valence-corrected chi connectivity index (χ2v) is 5.03. The molecule has 0 spiro atoms. The molecule has 1 aromatic carbocycles. The first-order chi connectivity index (χ1) is 10.3.